The third-order valence-electron chi connectivity index (χ3n) is 4.52. The predicted molar refractivity (Wildman–Crippen MR) is 87.7 cm³/mol. The van der Waals surface area contributed by atoms with Gasteiger partial charge in [0, 0.05) is 53.1 Å². The average molecular weight is 333 g/mol. The first-order valence-electron chi connectivity index (χ1n) is 8.14. The Morgan fingerprint density at radius 1 is 1.29 bits per heavy atom. The molecule has 2 saturated heterocycles. The summed E-state index contributed by atoms with van der Waals surface area (Å²) >= 11 is 0. The van der Waals surface area contributed by atoms with Gasteiger partial charge in [-0.2, -0.15) is 0 Å². The maximum absolute atomic E-state index is 12.5. The van der Waals surface area contributed by atoms with E-state index < -0.39 is 0 Å². The Balaban J connectivity index is 1.53. The van der Waals surface area contributed by atoms with Crippen molar-refractivity contribution >= 4 is 17.6 Å². The summed E-state index contributed by atoms with van der Waals surface area (Å²) in [6.45, 7) is 1.70. The summed E-state index contributed by atoms with van der Waals surface area (Å²) < 4.78 is 5.83. The van der Waals surface area contributed by atoms with Crippen molar-refractivity contribution in [2.24, 2.45) is 5.92 Å². The number of carbonyl (C=O) groups is 2. The number of hydrogen-bond acceptors (Lipinski definition) is 6. The molecule has 2 aliphatic heterocycles. The fourth-order valence-corrected chi connectivity index (χ4v) is 3.10. The normalized spacial score (nSPS) is 23.7. The number of hydrogen-bond donors (Lipinski definition) is 0. The zero-order chi connectivity index (χ0) is 17.3. The van der Waals surface area contributed by atoms with Crippen molar-refractivity contribution in [3.63, 3.8) is 0 Å². The molecule has 0 N–H and O–H groups in total. The van der Waals surface area contributed by atoms with Crippen LogP contribution < -0.4 is 9.64 Å². The van der Waals surface area contributed by atoms with E-state index in [0.717, 1.165) is 12.2 Å². The molecule has 1 aromatic heterocycles. The van der Waals surface area contributed by atoms with E-state index in [0.29, 0.717) is 31.9 Å². The van der Waals surface area contributed by atoms with Crippen LogP contribution in [0.15, 0.2) is 12.1 Å². The molecule has 2 atom stereocenters. The van der Waals surface area contributed by atoms with Gasteiger partial charge >= 0.3 is 0 Å². The number of aromatic nitrogens is 2. The number of likely N-dealkylation sites (tertiary alicyclic amines) is 2. The average Bonchev–Trinajstić information content (AvgIpc) is 3.14. The number of rotatable bonds is 4. The van der Waals surface area contributed by atoms with Crippen molar-refractivity contribution in [1.29, 1.82) is 0 Å². The van der Waals surface area contributed by atoms with Gasteiger partial charge in [-0.25, -0.2) is 0 Å². The quantitative estimate of drug-likeness (QED) is 0.772. The van der Waals surface area contributed by atoms with Crippen molar-refractivity contribution < 1.29 is 14.3 Å². The summed E-state index contributed by atoms with van der Waals surface area (Å²) in [6.07, 6.45) is 0.997. The van der Waals surface area contributed by atoms with Crippen LogP contribution >= 0.6 is 0 Å². The summed E-state index contributed by atoms with van der Waals surface area (Å²) in [4.78, 5) is 29.4. The minimum Gasteiger partial charge on any atom is -0.471 e. The van der Waals surface area contributed by atoms with Crippen molar-refractivity contribution in [2.75, 3.05) is 45.7 Å². The molecule has 3 heterocycles. The summed E-state index contributed by atoms with van der Waals surface area (Å²) in [7, 11) is 5.54. The van der Waals surface area contributed by atoms with Gasteiger partial charge in [0.25, 0.3) is 0 Å². The summed E-state index contributed by atoms with van der Waals surface area (Å²) in [6, 6.07) is 3.64. The lowest BCUT2D eigenvalue weighted by Crippen LogP contribution is -2.36. The lowest BCUT2D eigenvalue weighted by Gasteiger charge is -2.20. The Morgan fingerprint density at radius 2 is 2.08 bits per heavy atom. The monoisotopic (exact) mass is 333 g/mol. The number of ether oxygens (including phenoxy) is 1. The standard InChI is InChI=1S/C16H23N5O3/c1-19(2)13-4-5-14(18-17-13)24-12-6-7-21(10-12)16(23)11-8-15(22)20(3)9-11/h4-5,11-12H,6-10H2,1-3H3/t11-,12-/m1/s1. The van der Waals surface area contributed by atoms with Gasteiger partial charge in [-0.1, -0.05) is 0 Å². The highest BCUT2D eigenvalue weighted by Crippen LogP contribution is 2.23. The van der Waals surface area contributed by atoms with Crippen LogP contribution in [0.2, 0.25) is 0 Å². The molecule has 2 amide bonds. The van der Waals surface area contributed by atoms with Crippen LogP contribution in [0.3, 0.4) is 0 Å². The zero-order valence-electron chi connectivity index (χ0n) is 14.3. The van der Waals surface area contributed by atoms with Gasteiger partial charge in [-0.3, -0.25) is 9.59 Å². The Morgan fingerprint density at radius 3 is 2.67 bits per heavy atom. The fraction of sp³-hybridized carbons (Fsp3) is 0.625. The molecular weight excluding hydrogens is 310 g/mol. The Bertz CT molecular complexity index is 619. The van der Waals surface area contributed by atoms with E-state index in [1.54, 1.807) is 22.9 Å². The first-order chi connectivity index (χ1) is 11.4. The largest absolute Gasteiger partial charge is 0.471 e. The van der Waals surface area contributed by atoms with E-state index >= 15 is 0 Å². The van der Waals surface area contributed by atoms with Gasteiger partial charge in [-0.15, -0.1) is 10.2 Å². The van der Waals surface area contributed by atoms with E-state index in [1.807, 2.05) is 25.1 Å². The second kappa shape index (κ2) is 6.62. The fourth-order valence-electron chi connectivity index (χ4n) is 3.10. The second-order valence-corrected chi connectivity index (χ2v) is 6.61. The predicted octanol–water partition coefficient (Wildman–Crippen LogP) is 0.000600. The summed E-state index contributed by atoms with van der Waals surface area (Å²) in [5, 5.41) is 8.14. The number of amides is 2. The minimum absolute atomic E-state index is 0.0385. The van der Waals surface area contributed by atoms with Gasteiger partial charge in [0.1, 0.15) is 6.10 Å². The topological polar surface area (TPSA) is 78.9 Å². The van der Waals surface area contributed by atoms with Crippen molar-refractivity contribution in [2.45, 2.75) is 18.9 Å². The van der Waals surface area contributed by atoms with Crippen molar-refractivity contribution in [3.05, 3.63) is 12.1 Å². The van der Waals surface area contributed by atoms with Crippen LogP contribution in [-0.2, 0) is 9.59 Å². The van der Waals surface area contributed by atoms with Crippen molar-refractivity contribution in [1.82, 2.24) is 20.0 Å². The van der Waals surface area contributed by atoms with E-state index in [1.165, 1.54) is 0 Å². The van der Waals surface area contributed by atoms with Gasteiger partial charge < -0.3 is 19.4 Å². The molecule has 0 bridgehead atoms. The molecule has 0 spiro atoms. The van der Waals surface area contributed by atoms with Crippen molar-refractivity contribution in [3.8, 4) is 5.88 Å². The number of carbonyl (C=O) groups excluding carboxylic acids is 2. The van der Waals surface area contributed by atoms with E-state index in [4.69, 9.17) is 4.74 Å². The van der Waals surface area contributed by atoms with Crippen LogP contribution in [0.1, 0.15) is 12.8 Å². The molecule has 0 aliphatic carbocycles. The molecular formula is C16H23N5O3. The highest BCUT2D eigenvalue weighted by Gasteiger charge is 2.37. The smallest absolute Gasteiger partial charge is 0.233 e. The minimum atomic E-state index is -0.222. The Labute approximate surface area is 141 Å². The first-order valence-corrected chi connectivity index (χ1v) is 8.14. The van der Waals surface area contributed by atoms with E-state index in [-0.39, 0.29) is 23.8 Å². The molecule has 0 unspecified atom stereocenters. The maximum Gasteiger partial charge on any atom is 0.233 e. The van der Waals surface area contributed by atoms with Crippen LogP contribution in [0.25, 0.3) is 0 Å². The lowest BCUT2D eigenvalue weighted by atomic mass is 10.1. The third-order valence-corrected chi connectivity index (χ3v) is 4.52. The molecule has 2 fully saturated rings. The first kappa shape index (κ1) is 16.5. The van der Waals surface area contributed by atoms with Gasteiger partial charge in [0.05, 0.1) is 12.5 Å². The highest BCUT2D eigenvalue weighted by molar-refractivity contribution is 5.89. The molecule has 1 aromatic rings. The molecule has 2 aliphatic rings. The summed E-state index contributed by atoms with van der Waals surface area (Å²) in [5.41, 5.74) is 0. The Hall–Kier alpha value is -2.38. The van der Waals surface area contributed by atoms with Crippen LogP contribution in [0.5, 0.6) is 5.88 Å². The molecule has 8 heteroatoms. The van der Waals surface area contributed by atoms with Crippen LogP contribution in [0.4, 0.5) is 5.82 Å². The number of anilines is 1. The van der Waals surface area contributed by atoms with Gasteiger partial charge in [0.15, 0.2) is 5.82 Å². The summed E-state index contributed by atoms with van der Waals surface area (Å²) in [5.74, 6) is 1.10. The van der Waals surface area contributed by atoms with Crippen LogP contribution in [-0.4, -0.2) is 78.7 Å². The van der Waals surface area contributed by atoms with E-state index in [2.05, 4.69) is 10.2 Å². The molecule has 8 nitrogen and oxygen atoms in total. The number of nitrogens with zero attached hydrogens (tertiary/aromatic N) is 5. The van der Waals surface area contributed by atoms with Gasteiger partial charge in [0.2, 0.25) is 17.7 Å². The highest BCUT2D eigenvalue weighted by atomic mass is 16.5. The molecule has 24 heavy (non-hydrogen) atoms. The molecule has 0 radical (unpaired) electrons. The SMILES string of the molecule is CN1C[C@H](C(=O)N2CC[C@@H](Oc3ccc(N(C)C)nn3)C2)CC1=O. The third kappa shape index (κ3) is 3.42. The maximum atomic E-state index is 12.5. The van der Waals surface area contributed by atoms with Crippen LogP contribution in [0, 0.1) is 5.92 Å². The Kier molecular flexibility index (Phi) is 4.55. The molecule has 130 valence electrons. The molecule has 0 saturated carbocycles. The second-order valence-electron chi connectivity index (χ2n) is 6.61. The van der Waals surface area contributed by atoms with Gasteiger partial charge in [-0.05, 0) is 6.07 Å². The van der Waals surface area contributed by atoms with E-state index in [9.17, 15) is 9.59 Å². The molecule has 0 aromatic carbocycles. The molecule has 3 rings (SSSR count). The lowest BCUT2D eigenvalue weighted by molar-refractivity contribution is -0.135. The zero-order valence-corrected chi connectivity index (χ0v) is 14.3.